The number of fused-ring (bicyclic) bond motifs is 1. The monoisotopic (exact) mass is 276 g/mol. The lowest BCUT2D eigenvalue weighted by atomic mass is 10.1. The summed E-state index contributed by atoms with van der Waals surface area (Å²) in [6.45, 7) is 0. The molecule has 1 aliphatic carbocycles. The third-order valence-corrected chi connectivity index (χ3v) is 2.46. The van der Waals surface area contributed by atoms with Crippen molar-refractivity contribution in [2.45, 2.75) is 18.5 Å². The normalized spacial score (nSPS) is 21.7. The number of rotatable bonds is 1. The summed E-state index contributed by atoms with van der Waals surface area (Å²) in [5.74, 6) is 0. The second kappa shape index (κ2) is 5.40. The van der Waals surface area contributed by atoms with Crippen LogP contribution in [0.3, 0.4) is 0 Å². The lowest BCUT2D eigenvalue weighted by Gasteiger charge is -2.06. The molecule has 0 aliphatic heterocycles. The first kappa shape index (κ1) is 14.5. The molecule has 2 rings (SSSR count). The number of hydrogen-bond donors (Lipinski definition) is 3. The smallest absolute Gasteiger partial charge is 0.321 e. The SMILES string of the molecule is NC1Cc2ccccc2[C@@H]1[N+](=O)[O-].O=S(=O)(O)O. The molecule has 2 atom stereocenters. The highest BCUT2D eigenvalue weighted by molar-refractivity contribution is 7.79. The van der Waals surface area contributed by atoms with Crippen molar-refractivity contribution in [3.63, 3.8) is 0 Å². The fraction of sp³-hybridized carbons (Fsp3) is 0.333. The fourth-order valence-corrected chi connectivity index (χ4v) is 1.87. The minimum absolute atomic E-state index is 0.295. The number of nitrogens with two attached hydrogens (primary N) is 1. The van der Waals surface area contributed by atoms with Gasteiger partial charge in [-0.15, -0.1) is 0 Å². The standard InChI is InChI=1S/C9H10N2O2.H2O4S/c10-8-5-6-3-1-2-4-7(6)9(8)11(12)13;1-5(2,3)4/h1-4,8-9H,5,10H2;(H2,1,2,3,4)/t8?,9-;/m0./s1. The van der Waals surface area contributed by atoms with Crippen molar-refractivity contribution in [1.29, 1.82) is 0 Å². The van der Waals surface area contributed by atoms with Crippen molar-refractivity contribution < 1.29 is 22.4 Å². The van der Waals surface area contributed by atoms with Crippen LogP contribution in [0, 0.1) is 10.1 Å². The molecule has 0 fully saturated rings. The predicted molar refractivity (Wildman–Crippen MR) is 62.0 cm³/mol. The summed E-state index contributed by atoms with van der Waals surface area (Å²) >= 11 is 0. The Bertz CT molecular complexity index is 536. The molecule has 9 heteroatoms. The minimum atomic E-state index is -4.67. The van der Waals surface area contributed by atoms with Crippen LogP contribution in [0.1, 0.15) is 17.2 Å². The minimum Gasteiger partial charge on any atom is -0.321 e. The molecule has 8 nitrogen and oxygen atoms in total. The molecule has 0 saturated carbocycles. The lowest BCUT2D eigenvalue weighted by Crippen LogP contribution is -2.29. The van der Waals surface area contributed by atoms with E-state index in [2.05, 4.69) is 0 Å². The first-order chi connectivity index (χ1) is 8.20. The van der Waals surface area contributed by atoms with E-state index in [1.165, 1.54) is 0 Å². The van der Waals surface area contributed by atoms with Gasteiger partial charge < -0.3 is 5.73 Å². The topological polar surface area (TPSA) is 144 Å². The Morgan fingerprint density at radius 1 is 1.33 bits per heavy atom. The summed E-state index contributed by atoms with van der Waals surface area (Å²) in [7, 11) is -4.67. The predicted octanol–water partition coefficient (Wildman–Crippen LogP) is 0.235. The van der Waals surface area contributed by atoms with Crippen molar-refractivity contribution in [2.24, 2.45) is 5.73 Å². The van der Waals surface area contributed by atoms with Crippen molar-refractivity contribution in [3.8, 4) is 0 Å². The molecular weight excluding hydrogens is 264 g/mol. The van der Waals surface area contributed by atoms with Gasteiger partial charge >= 0.3 is 10.4 Å². The zero-order valence-electron chi connectivity index (χ0n) is 9.13. The van der Waals surface area contributed by atoms with Gasteiger partial charge in [-0.2, -0.15) is 8.42 Å². The first-order valence-electron chi connectivity index (χ1n) is 4.87. The third kappa shape index (κ3) is 4.04. The average molecular weight is 276 g/mol. The van der Waals surface area contributed by atoms with Gasteiger partial charge in [-0.25, -0.2) is 0 Å². The van der Waals surface area contributed by atoms with Crippen LogP contribution in [-0.2, 0) is 16.8 Å². The van der Waals surface area contributed by atoms with Crippen LogP contribution in [0.2, 0.25) is 0 Å². The first-order valence-corrected chi connectivity index (χ1v) is 6.26. The van der Waals surface area contributed by atoms with Crippen molar-refractivity contribution in [2.75, 3.05) is 0 Å². The van der Waals surface area contributed by atoms with Gasteiger partial charge in [0.15, 0.2) is 0 Å². The summed E-state index contributed by atoms with van der Waals surface area (Å²) in [4.78, 5) is 10.4. The Hall–Kier alpha value is -1.55. The second-order valence-electron chi connectivity index (χ2n) is 3.74. The summed E-state index contributed by atoms with van der Waals surface area (Å²) in [6, 6.07) is 6.30. The van der Waals surface area contributed by atoms with Gasteiger partial charge in [0.2, 0.25) is 0 Å². The van der Waals surface area contributed by atoms with Gasteiger partial charge in [-0.05, 0) is 12.0 Å². The van der Waals surface area contributed by atoms with Crippen LogP contribution in [0.15, 0.2) is 24.3 Å². The Balaban J connectivity index is 0.000000280. The molecule has 0 spiro atoms. The fourth-order valence-electron chi connectivity index (χ4n) is 1.87. The molecule has 0 saturated heterocycles. The van der Waals surface area contributed by atoms with E-state index in [-0.39, 0.29) is 11.0 Å². The lowest BCUT2D eigenvalue weighted by molar-refractivity contribution is -0.530. The number of nitro groups is 1. The number of benzene rings is 1. The highest BCUT2D eigenvalue weighted by atomic mass is 32.3. The van der Waals surface area contributed by atoms with Crippen molar-refractivity contribution in [1.82, 2.24) is 0 Å². The second-order valence-corrected chi connectivity index (χ2v) is 4.64. The summed E-state index contributed by atoms with van der Waals surface area (Å²) in [5.41, 5.74) is 7.48. The quantitative estimate of drug-likeness (QED) is 0.378. The van der Waals surface area contributed by atoms with Crippen LogP contribution in [-0.4, -0.2) is 28.5 Å². The number of hydrogen-bond acceptors (Lipinski definition) is 5. The van der Waals surface area contributed by atoms with E-state index in [0.29, 0.717) is 6.42 Å². The van der Waals surface area contributed by atoms with E-state index < -0.39 is 16.4 Å². The van der Waals surface area contributed by atoms with Crippen LogP contribution < -0.4 is 5.73 Å². The maximum Gasteiger partial charge on any atom is 0.394 e. The third-order valence-electron chi connectivity index (χ3n) is 2.46. The van der Waals surface area contributed by atoms with Gasteiger partial charge in [0, 0.05) is 10.5 Å². The summed E-state index contributed by atoms with van der Waals surface area (Å²) < 4.78 is 31.6. The zero-order valence-corrected chi connectivity index (χ0v) is 9.95. The molecule has 0 heterocycles. The highest BCUT2D eigenvalue weighted by Crippen LogP contribution is 2.32. The van der Waals surface area contributed by atoms with E-state index in [1.807, 2.05) is 18.2 Å². The molecule has 1 unspecified atom stereocenters. The van der Waals surface area contributed by atoms with Crippen molar-refractivity contribution >= 4 is 10.4 Å². The molecule has 0 radical (unpaired) electrons. The van der Waals surface area contributed by atoms with Gasteiger partial charge in [-0.3, -0.25) is 19.2 Å². The van der Waals surface area contributed by atoms with Gasteiger partial charge in [0.1, 0.15) is 0 Å². The molecule has 0 amide bonds. The van der Waals surface area contributed by atoms with Crippen LogP contribution in [0.4, 0.5) is 0 Å². The molecule has 1 aliphatic rings. The largest absolute Gasteiger partial charge is 0.394 e. The van der Waals surface area contributed by atoms with Gasteiger partial charge in [-0.1, -0.05) is 24.3 Å². The summed E-state index contributed by atoms with van der Waals surface area (Å²) in [5, 5.41) is 10.7. The van der Waals surface area contributed by atoms with Gasteiger partial charge in [0.25, 0.3) is 6.04 Å². The maximum atomic E-state index is 10.7. The molecule has 0 aromatic heterocycles. The van der Waals surface area contributed by atoms with Crippen LogP contribution >= 0.6 is 0 Å². The summed E-state index contributed by atoms with van der Waals surface area (Å²) in [6.07, 6.45) is 0.613. The van der Waals surface area contributed by atoms with E-state index in [1.54, 1.807) is 6.07 Å². The van der Waals surface area contributed by atoms with E-state index >= 15 is 0 Å². The molecule has 4 N–H and O–H groups in total. The highest BCUT2D eigenvalue weighted by Gasteiger charge is 2.38. The molecule has 100 valence electrons. The Morgan fingerprint density at radius 2 is 1.83 bits per heavy atom. The maximum absolute atomic E-state index is 10.7. The Morgan fingerprint density at radius 3 is 2.33 bits per heavy atom. The van der Waals surface area contributed by atoms with E-state index in [0.717, 1.165) is 11.1 Å². The van der Waals surface area contributed by atoms with Crippen LogP contribution in [0.25, 0.3) is 0 Å². The Labute approximate surface area is 103 Å². The average Bonchev–Trinajstić information content (AvgIpc) is 2.50. The van der Waals surface area contributed by atoms with Crippen molar-refractivity contribution in [3.05, 3.63) is 45.5 Å². The van der Waals surface area contributed by atoms with E-state index in [4.69, 9.17) is 23.3 Å². The molecule has 18 heavy (non-hydrogen) atoms. The number of nitrogens with zero attached hydrogens (tertiary/aromatic N) is 1. The molecule has 1 aromatic rings. The van der Waals surface area contributed by atoms with Gasteiger partial charge in [0.05, 0.1) is 6.04 Å². The van der Waals surface area contributed by atoms with E-state index in [9.17, 15) is 10.1 Å². The zero-order chi connectivity index (χ0) is 13.9. The Kier molecular flexibility index (Phi) is 4.35. The van der Waals surface area contributed by atoms with Crippen LogP contribution in [0.5, 0.6) is 0 Å². The molecule has 0 bridgehead atoms. The molecule has 1 aromatic carbocycles. The molecular formula is C9H12N2O6S.